The van der Waals surface area contributed by atoms with Gasteiger partial charge < -0.3 is 0 Å². The van der Waals surface area contributed by atoms with Crippen molar-refractivity contribution in [1.29, 1.82) is 0 Å². The van der Waals surface area contributed by atoms with Crippen molar-refractivity contribution in [2.45, 2.75) is 154 Å². The van der Waals surface area contributed by atoms with Gasteiger partial charge >= 0.3 is 0 Å². The van der Waals surface area contributed by atoms with E-state index in [-0.39, 0.29) is 0 Å². The van der Waals surface area contributed by atoms with Crippen molar-refractivity contribution >= 4 is 24.2 Å². The Kier molecular flexibility index (Phi) is 15.0. The first kappa shape index (κ1) is 27.7. The zero-order chi connectivity index (χ0) is 20.8. The molecule has 0 unspecified atom stereocenters. The molecule has 0 nitrogen and oxygen atoms in total. The summed E-state index contributed by atoms with van der Waals surface area (Å²) >= 11 is 0. The Morgan fingerprint density at radius 3 is 0.778 bits per heavy atom. The summed E-state index contributed by atoms with van der Waals surface area (Å²) in [6.45, 7) is 20.3. The maximum absolute atomic E-state index is 2.65. The lowest BCUT2D eigenvalue weighted by molar-refractivity contribution is 0.613. The van der Waals surface area contributed by atoms with Crippen LogP contribution in [-0.2, 0) is 0 Å². The molecule has 0 aromatic heterocycles. The number of hydrogen-bond acceptors (Lipinski definition) is 0. The maximum atomic E-state index is 2.65. The van der Waals surface area contributed by atoms with Crippen LogP contribution in [0.5, 0.6) is 0 Å². The van der Waals surface area contributed by atoms with E-state index in [1.807, 2.05) is 0 Å². The first-order valence-corrected chi connectivity index (χ1v) is 23.2. The van der Waals surface area contributed by atoms with Gasteiger partial charge in [0, 0.05) is 24.2 Å². The van der Waals surface area contributed by atoms with Crippen molar-refractivity contribution < 1.29 is 0 Å². The van der Waals surface area contributed by atoms with Crippen LogP contribution in [0.2, 0.25) is 76.6 Å². The monoisotopic (exact) mass is 428 g/mol. The zero-order valence-corrected chi connectivity index (χ0v) is 23.8. The fraction of sp³-hybridized carbons (Fsp3) is 1.00. The van der Waals surface area contributed by atoms with Crippen LogP contribution in [0.3, 0.4) is 0 Å². The maximum Gasteiger partial charge on any atom is 0.0473 e. The van der Waals surface area contributed by atoms with Crippen LogP contribution >= 0.6 is 0 Å². The highest BCUT2D eigenvalue weighted by Gasteiger charge is 2.19. The van der Waals surface area contributed by atoms with Crippen LogP contribution in [0.15, 0.2) is 0 Å². The summed E-state index contributed by atoms with van der Waals surface area (Å²) in [5.41, 5.74) is 0. The van der Waals surface area contributed by atoms with Gasteiger partial charge in [0.05, 0.1) is 0 Å². The van der Waals surface area contributed by atoms with Crippen LogP contribution in [0.4, 0.5) is 0 Å². The second-order valence-corrected chi connectivity index (χ2v) is 29.1. The average molecular weight is 429 g/mol. The molecule has 0 rings (SSSR count). The lowest BCUT2D eigenvalue weighted by atomic mass is 10.1. The molecule has 0 aliphatic heterocycles. The Morgan fingerprint density at radius 1 is 0.296 bits per heavy atom. The molecule has 0 spiro atoms. The molecule has 0 saturated carbocycles. The number of unbranched alkanes of at least 4 members (excludes halogenated alkanes) is 10. The summed E-state index contributed by atoms with van der Waals surface area (Å²) in [5, 5.41) is 0. The quantitative estimate of drug-likeness (QED) is 0.150. The molecule has 0 aromatic rings. The number of rotatable bonds is 18. The van der Waals surface area contributed by atoms with Gasteiger partial charge in [-0.3, -0.25) is 0 Å². The van der Waals surface area contributed by atoms with E-state index in [1.165, 1.54) is 89.1 Å². The summed E-state index contributed by atoms with van der Waals surface area (Å²) in [7, 11) is -2.46. The summed E-state index contributed by atoms with van der Waals surface area (Å²) in [5.74, 6) is 0. The van der Waals surface area contributed by atoms with Gasteiger partial charge in [-0.05, 0) is 0 Å². The van der Waals surface area contributed by atoms with Crippen LogP contribution in [0, 0.1) is 0 Å². The van der Waals surface area contributed by atoms with Crippen molar-refractivity contribution in [2.24, 2.45) is 0 Å². The largest absolute Gasteiger partial charge is 0.0695 e. The summed E-state index contributed by atoms with van der Waals surface area (Å²) in [6, 6.07) is 6.23. The van der Waals surface area contributed by atoms with Gasteiger partial charge in [0.1, 0.15) is 0 Å². The van der Waals surface area contributed by atoms with Crippen LogP contribution in [0.25, 0.3) is 0 Å². The molecule has 0 amide bonds. The van der Waals surface area contributed by atoms with E-state index >= 15 is 0 Å². The molecule has 0 aliphatic carbocycles. The molecule has 0 heterocycles. The van der Waals surface area contributed by atoms with E-state index < -0.39 is 24.2 Å². The zero-order valence-electron chi connectivity index (χ0n) is 20.8. The second-order valence-electron chi connectivity index (χ2n) is 12.5. The van der Waals surface area contributed by atoms with Crippen molar-refractivity contribution in [3.8, 4) is 0 Å². The molecule has 0 aromatic carbocycles. The molecule has 3 heteroatoms. The Bertz CT molecular complexity index is 305. The van der Waals surface area contributed by atoms with E-state index in [9.17, 15) is 0 Å². The molecule has 0 atom stereocenters. The SMILES string of the molecule is C[Si](C)(C)CCCCCCCC[Si](C)(C)CCCCCCCC[Si](C)(C)C. The minimum absolute atomic E-state index is 0.784. The van der Waals surface area contributed by atoms with Crippen molar-refractivity contribution in [3.63, 3.8) is 0 Å². The Balaban J connectivity index is 3.45. The third-order valence-electron chi connectivity index (χ3n) is 6.06. The first-order chi connectivity index (χ1) is 12.4. The fourth-order valence-electron chi connectivity index (χ4n) is 4.06. The highest BCUT2D eigenvalue weighted by molar-refractivity contribution is 6.77. The topological polar surface area (TPSA) is 0 Å². The molecule has 0 bridgehead atoms. The third-order valence-corrected chi connectivity index (χ3v) is 13.2. The van der Waals surface area contributed by atoms with E-state index in [2.05, 4.69) is 52.4 Å². The van der Waals surface area contributed by atoms with Gasteiger partial charge in [0.15, 0.2) is 0 Å². The van der Waals surface area contributed by atoms with Gasteiger partial charge in [0.25, 0.3) is 0 Å². The molecule has 0 aliphatic rings. The third kappa shape index (κ3) is 22.8. The van der Waals surface area contributed by atoms with Gasteiger partial charge in [-0.1, -0.05) is 154 Å². The minimum Gasteiger partial charge on any atom is -0.0695 e. The van der Waals surface area contributed by atoms with E-state index in [1.54, 1.807) is 12.1 Å². The van der Waals surface area contributed by atoms with Crippen LogP contribution < -0.4 is 0 Å². The van der Waals surface area contributed by atoms with Gasteiger partial charge in [-0.25, -0.2) is 0 Å². The van der Waals surface area contributed by atoms with E-state index in [0.29, 0.717) is 0 Å². The van der Waals surface area contributed by atoms with E-state index in [0.717, 1.165) is 0 Å². The van der Waals surface area contributed by atoms with Crippen molar-refractivity contribution in [2.75, 3.05) is 0 Å². The standard InChI is InChI=1S/C24H56Si3/c1-25(2,3)21-17-13-9-11-15-19-23-27(7,8)24-20-16-12-10-14-18-22-26(4,5)6/h9-24H2,1-8H3. The van der Waals surface area contributed by atoms with Crippen LogP contribution in [-0.4, -0.2) is 24.2 Å². The summed E-state index contributed by atoms with van der Waals surface area (Å²) < 4.78 is 0. The molecular formula is C24H56Si3. The molecule has 0 radical (unpaired) electrons. The van der Waals surface area contributed by atoms with Gasteiger partial charge in [-0.15, -0.1) is 0 Å². The molecule has 0 saturated heterocycles. The lowest BCUT2D eigenvalue weighted by Gasteiger charge is -2.22. The number of hydrogen-bond donors (Lipinski definition) is 0. The van der Waals surface area contributed by atoms with Crippen molar-refractivity contribution in [3.05, 3.63) is 0 Å². The summed E-state index contributed by atoms with van der Waals surface area (Å²) in [4.78, 5) is 0. The minimum atomic E-state index is -0.893. The summed E-state index contributed by atoms with van der Waals surface area (Å²) in [6.07, 6.45) is 18.0. The predicted molar refractivity (Wildman–Crippen MR) is 139 cm³/mol. The molecule has 27 heavy (non-hydrogen) atoms. The van der Waals surface area contributed by atoms with Gasteiger partial charge in [-0.2, -0.15) is 0 Å². The van der Waals surface area contributed by atoms with E-state index in [4.69, 9.17) is 0 Å². The van der Waals surface area contributed by atoms with Crippen molar-refractivity contribution in [1.82, 2.24) is 0 Å². The first-order valence-electron chi connectivity index (χ1n) is 12.4. The second kappa shape index (κ2) is 14.6. The Labute approximate surface area is 177 Å². The molecule has 164 valence electrons. The Hall–Kier alpha value is 0.651. The fourth-order valence-corrected chi connectivity index (χ4v) is 9.34. The lowest BCUT2D eigenvalue weighted by Crippen LogP contribution is -2.24. The van der Waals surface area contributed by atoms with Gasteiger partial charge in [0.2, 0.25) is 0 Å². The Morgan fingerprint density at radius 2 is 0.519 bits per heavy atom. The molecule has 0 N–H and O–H groups in total. The predicted octanol–water partition coefficient (Wildman–Crippen LogP) is 10.1. The smallest absolute Gasteiger partial charge is 0.0473 e. The molecular weight excluding hydrogens is 373 g/mol. The highest BCUT2D eigenvalue weighted by Crippen LogP contribution is 2.24. The molecule has 0 fully saturated rings. The highest BCUT2D eigenvalue weighted by atomic mass is 28.3. The average Bonchev–Trinajstić information content (AvgIpc) is 2.50. The van der Waals surface area contributed by atoms with Crippen LogP contribution in [0.1, 0.15) is 77.0 Å². The normalized spacial score (nSPS) is 13.3.